The van der Waals surface area contributed by atoms with Crippen molar-refractivity contribution in [1.82, 2.24) is 16.1 Å². The van der Waals surface area contributed by atoms with E-state index in [1.165, 1.54) is 13.0 Å². The van der Waals surface area contributed by atoms with Crippen LogP contribution in [-0.2, 0) is 9.59 Å². The highest BCUT2D eigenvalue weighted by atomic mass is 16.7. The van der Waals surface area contributed by atoms with Crippen LogP contribution in [0.5, 0.6) is 0 Å². The summed E-state index contributed by atoms with van der Waals surface area (Å²) in [6.07, 6.45) is 1.13. The maximum atomic E-state index is 12.1. The van der Waals surface area contributed by atoms with E-state index < -0.39 is 34.3 Å². The number of nitro groups is 1. The predicted octanol–water partition coefficient (Wildman–Crippen LogP) is -1.22. The largest absolute Gasteiger partial charge is 0.364 e. The molecule has 0 aromatic heterocycles. The van der Waals surface area contributed by atoms with Crippen LogP contribution >= 0.6 is 0 Å². The minimum atomic E-state index is -1.61. The van der Waals surface area contributed by atoms with Crippen molar-refractivity contribution in [2.45, 2.75) is 19.8 Å². The number of carbonyl (C=O) groups excluding carboxylic acids is 3. The van der Waals surface area contributed by atoms with E-state index in [0.29, 0.717) is 0 Å². The first-order valence-electron chi connectivity index (χ1n) is 6.26. The Bertz CT molecular complexity index is 604. The zero-order valence-electron chi connectivity index (χ0n) is 12.2. The van der Waals surface area contributed by atoms with Gasteiger partial charge in [0.25, 0.3) is 5.96 Å². The third-order valence-electron chi connectivity index (χ3n) is 2.91. The van der Waals surface area contributed by atoms with Crippen molar-refractivity contribution in [3.05, 3.63) is 22.8 Å². The number of barbiturate groups is 1. The molecule has 0 atom stereocenters. The number of nitrogens with two attached hydrogens (primary N) is 1. The standard InChI is InChI=1S/C11H15N7O5/c1-3-4-11(7(19)13-10(21)14-8(11)20)5-6(2)15-16-9(12)17-18(22)23/h3H,1,4-5H2,2H3,(H3,12,16,17)(H2,13,14,19,20,21)/b15-6+. The van der Waals surface area contributed by atoms with Crippen molar-refractivity contribution in [3.8, 4) is 0 Å². The average molecular weight is 325 g/mol. The first-order valence-corrected chi connectivity index (χ1v) is 6.26. The molecule has 124 valence electrons. The Kier molecular flexibility index (Phi) is 5.48. The van der Waals surface area contributed by atoms with Crippen LogP contribution in [0.4, 0.5) is 4.79 Å². The molecule has 0 aliphatic carbocycles. The van der Waals surface area contributed by atoms with E-state index >= 15 is 0 Å². The minimum absolute atomic E-state index is 0.0445. The van der Waals surface area contributed by atoms with Crippen molar-refractivity contribution < 1.29 is 19.4 Å². The number of hydrogen-bond donors (Lipinski definition) is 4. The molecular weight excluding hydrogens is 310 g/mol. The zero-order chi connectivity index (χ0) is 17.6. The van der Waals surface area contributed by atoms with Crippen LogP contribution in [0, 0.1) is 15.5 Å². The van der Waals surface area contributed by atoms with Crippen molar-refractivity contribution in [2.75, 3.05) is 0 Å². The van der Waals surface area contributed by atoms with Gasteiger partial charge in [0, 0.05) is 12.1 Å². The Balaban J connectivity index is 3.01. The number of urea groups is 1. The number of carbonyl (C=O) groups is 3. The van der Waals surface area contributed by atoms with Gasteiger partial charge in [-0.15, -0.1) is 11.7 Å². The van der Waals surface area contributed by atoms with Gasteiger partial charge in [-0.05, 0) is 13.3 Å². The molecule has 4 amide bonds. The number of allylic oxidation sites excluding steroid dienone is 1. The number of amides is 4. The molecule has 1 aliphatic heterocycles. The van der Waals surface area contributed by atoms with Gasteiger partial charge >= 0.3 is 6.03 Å². The topological polar surface area (TPSA) is 181 Å². The second-order valence-electron chi connectivity index (χ2n) is 4.68. The number of rotatable bonds is 6. The van der Waals surface area contributed by atoms with Gasteiger partial charge in [-0.2, -0.15) is 5.10 Å². The zero-order valence-corrected chi connectivity index (χ0v) is 12.2. The quantitative estimate of drug-likeness (QED) is 0.118. The summed E-state index contributed by atoms with van der Waals surface area (Å²) < 4.78 is 0. The van der Waals surface area contributed by atoms with E-state index in [1.807, 2.05) is 10.6 Å². The van der Waals surface area contributed by atoms with Crippen LogP contribution in [-0.4, -0.2) is 34.5 Å². The lowest BCUT2D eigenvalue weighted by atomic mass is 9.76. The fourth-order valence-corrected chi connectivity index (χ4v) is 1.97. The number of nitrogens with zero attached hydrogens (tertiary/aromatic N) is 3. The lowest BCUT2D eigenvalue weighted by Gasteiger charge is -2.32. The molecule has 0 aromatic rings. The van der Waals surface area contributed by atoms with Gasteiger partial charge in [0.05, 0.1) is 0 Å². The third-order valence-corrected chi connectivity index (χ3v) is 2.91. The smallest absolute Gasteiger partial charge is 0.328 e. The van der Waals surface area contributed by atoms with Gasteiger partial charge in [-0.1, -0.05) is 11.5 Å². The van der Waals surface area contributed by atoms with E-state index in [-0.39, 0.29) is 18.6 Å². The predicted molar refractivity (Wildman–Crippen MR) is 78.4 cm³/mol. The maximum absolute atomic E-state index is 12.1. The number of nitrogens with one attached hydrogen (secondary N) is 3. The summed E-state index contributed by atoms with van der Waals surface area (Å²) in [5, 5.41) is 20.2. The molecule has 0 bridgehead atoms. The molecule has 0 radical (unpaired) electrons. The molecule has 12 heteroatoms. The number of imide groups is 2. The molecule has 0 saturated carbocycles. The SMILES string of the molecule is C=CCC1(C/C(C)=N/N=C(/N)N[N+](=O)[O-])C(=O)NC(=O)NC1=O. The fourth-order valence-electron chi connectivity index (χ4n) is 1.97. The van der Waals surface area contributed by atoms with Crippen LogP contribution in [0.2, 0.25) is 0 Å². The molecule has 5 N–H and O–H groups in total. The van der Waals surface area contributed by atoms with Gasteiger partial charge in [0.1, 0.15) is 5.41 Å². The monoisotopic (exact) mass is 325 g/mol. The van der Waals surface area contributed by atoms with Gasteiger partial charge in [0.2, 0.25) is 11.8 Å². The van der Waals surface area contributed by atoms with Crippen LogP contribution < -0.4 is 21.8 Å². The summed E-state index contributed by atoms with van der Waals surface area (Å²) in [5.74, 6) is -2.15. The summed E-state index contributed by atoms with van der Waals surface area (Å²) in [7, 11) is 0. The Morgan fingerprint density at radius 3 is 2.43 bits per heavy atom. The Labute approximate surface area is 130 Å². The maximum Gasteiger partial charge on any atom is 0.328 e. The molecule has 23 heavy (non-hydrogen) atoms. The first kappa shape index (κ1) is 17.7. The normalized spacial score (nSPS) is 18.0. The summed E-state index contributed by atoms with van der Waals surface area (Å²) in [5.41, 5.74) is 5.36. The molecule has 0 aromatic carbocycles. The van der Waals surface area contributed by atoms with Gasteiger partial charge in [-0.25, -0.2) is 14.9 Å². The molecule has 1 saturated heterocycles. The van der Waals surface area contributed by atoms with E-state index in [2.05, 4.69) is 16.8 Å². The average Bonchev–Trinajstić information content (AvgIpc) is 2.42. The molecule has 12 nitrogen and oxygen atoms in total. The van der Waals surface area contributed by atoms with Gasteiger partial charge in [0.15, 0.2) is 5.03 Å². The van der Waals surface area contributed by atoms with Crippen LogP contribution in [0.1, 0.15) is 19.8 Å². The van der Waals surface area contributed by atoms with Crippen molar-refractivity contribution in [2.24, 2.45) is 21.4 Å². The van der Waals surface area contributed by atoms with Crippen molar-refractivity contribution in [3.63, 3.8) is 0 Å². The summed E-state index contributed by atoms with van der Waals surface area (Å²) in [6, 6.07) is -0.910. The second kappa shape index (κ2) is 7.11. The third kappa shape index (κ3) is 4.33. The highest BCUT2D eigenvalue weighted by Crippen LogP contribution is 2.30. The minimum Gasteiger partial charge on any atom is -0.364 e. The van der Waals surface area contributed by atoms with Crippen LogP contribution in [0.15, 0.2) is 22.9 Å². The number of guanidine groups is 1. The molecule has 1 fully saturated rings. The van der Waals surface area contributed by atoms with Crippen LogP contribution in [0.25, 0.3) is 0 Å². The summed E-state index contributed by atoms with van der Waals surface area (Å²) in [4.78, 5) is 45.5. The summed E-state index contributed by atoms with van der Waals surface area (Å²) >= 11 is 0. The Hall–Kier alpha value is -3.31. The highest BCUT2D eigenvalue weighted by molar-refractivity contribution is 6.20. The molecule has 0 unspecified atom stereocenters. The van der Waals surface area contributed by atoms with Gasteiger partial charge in [-0.3, -0.25) is 20.2 Å². The Morgan fingerprint density at radius 2 is 1.96 bits per heavy atom. The lowest BCUT2D eigenvalue weighted by molar-refractivity contribution is -0.525. The number of hydrazine groups is 1. The Morgan fingerprint density at radius 1 is 1.39 bits per heavy atom. The van der Waals surface area contributed by atoms with E-state index in [4.69, 9.17) is 5.73 Å². The van der Waals surface area contributed by atoms with Gasteiger partial charge < -0.3 is 5.73 Å². The molecular formula is C11H15N7O5. The summed E-state index contributed by atoms with van der Waals surface area (Å²) in [6.45, 7) is 4.93. The van der Waals surface area contributed by atoms with E-state index in [1.54, 1.807) is 5.43 Å². The molecule has 1 aliphatic rings. The lowest BCUT2D eigenvalue weighted by Crippen LogP contribution is -2.62. The van der Waals surface area contributed by atoms with Crippen molar-refractivity contribution in [1.29, 1.82) is 0 Å². The highest BCUT2D eigenvalue weighted by Gasteiger charge is 2.49. The second-order valence-corrected chi connectivity index (χ2v) is 4.68. The fraction of sp³-hybridized carbons (Fsp3) is 0.364. The van der Waals surface area contributed by atoms with Crippen molar-refractivity contribution >= 4 is 29.5 Å². The molecule has 0 spiro atoms. The van der Waals surface area contributed by atoms with Crippen LogP contribution in [0.3, 0.4) is 0 Å². The van der Waals surface area contributed by atoms with E-state index in [9.17, 15) is 24.5 Å². The first-order chi connectivity index (χ1) is 10.7. The molecule has 1 rings (SSSR count). The molecule has 1 heterocycles. The van der Waals surface area contributed by atoms with E-state index in [0.717, 1.165) is 0 Å². The number of hydrogen-bond acceptors (Lipinski definition) is 7.